The number of carbonyl (C=O) groups excluding carboxylic acids is 1. The highest BCUT2D eigenvalue weighted by Gasteiger charge is 2.38. The lowest BCUT2D eigenvalue weighted by atomic mass is 9.87. The molecule has 2 aromatic heterocycles. The fourth-order valence-corrected chi connectivity index (χ4v) is 5.82. The van der Waals surface area contributed by atoms with Gasteiger partial charge in [0.25, 0.3) is 0 Å². The van der Waals surface area contributed by atoms with Gasteiger partial charge < -0.3 is 15.7 Å². The number of amides is 1. The van der Waals surface area contributed by atoms with Crippen molar-refractivity contribution in [2.24, 2.45) is 0 Å². The molecule has 36 heavy (non-hydrogen) atoms. The van der Waals surface area contributed by atoms with E-state index < -0.39 is 11.4 Å². The van der Waals surface area contributed by atoms with E-state index in [2.05, 4.69) is 4.98 Å². The molecule has 0 aliphatic carbocycles. The Balaban J connectivity index is 1.39. The van der Waals surface area contributed by atoms with Gasteiger partial charge in [-0.3, -0.25) is 9.20 Å². The number of halogens is 1. The van der Waals surface area contributed by atoms with E-state index in [4.69, 9.17) is 10.7 Å². The number of hydrogen-bond acceptors (Lipinski definition) is 5. The zero-order valence-electron chi connectivity index (χ0n) is 20.1. The van der Waals surface area contributed by atoms with Gasteiger partial charge in [0.1, 0.15) is 34.3 Å². The zero-order chi connectivity index (χ0) is 25.0. The first-order chi connectivity index (χ1) is 17.3. The molecule has 184 valence electrons. The van der Waals surface area contributed by atoms with E-state index in [9.17, 15) is 14.3 Å². The monoisotopic (exact) mass is 485 g/mol. The summed E-state index contributed by atoms with van der Waals surface area (Å²) >= 11 is 0. The second-order valence-electron chi connectivity index (χ2n) is 9.99. The molecule has 1 amide bonds. The number of aromatic nitrogens is 3. The SMILES string of the molecule is C[C@@](O)(c1ccc(-c2nc([C@@H]3CC[C@H]4CCC(=O)N4C3)n3ccnc(N)c23)cc1)c1ccccc1F. The van der Waals surface area contributed by atoms with Crippen molar-refractivity contribution in [1.82, 2.24) is 19.3 Å². The summed E-state index contributed by atoms with van der Waals surface area (Å²) in [5.41, 5.74) is 7.84. The molecular weight excluding hydrogens is 457 g/mol. The minimum atomic E-state index is -1.49. The molecule has 3 atom stereocenters. The van der Waals surface area contributed by atoms with E-state index in [0.717, 1.165) is 36.2 Å². The van der Waals surface area contributed by atoms with E-state index in [0.29, 0.717) is 36.1 Å². The van der Waals surface area contributed by atoms with Gasteiger partial charge in [-0.05, 0) is 37.8 Å². The molecular formula is C28H28FN5O2. The quantitative estimate of drug-likeness (QED) is 0.451. The number of anilines is 1. The largest absolute Gasteiger partial charge is 0.382 e. The summed E-state index contributed by atoms with van der Waals surface area (Å²) in [6.07, 6.45) is 7.04. The van der Waals surface area contributed by atoms with Crippen LogP contribution in [0.3, 0.4) is 0 Å². The first-order valence-corrected chi connectivity index (χ1v) is 12.3. The van der Waals surface area contributed by atoms with Gasteiger partial charge in [-0.2, -0.15) is 0 Å². The second-order valence-corrected chi connectivity index (χ2v) is 9.99. The molecule has 0 radical (unpaired) electrons. The molecule has 7 nitrogen and oxygen atoms in total. The Labute approximate surface area is 208 Å². The number of hydrogen-bond donors (Lipinski definition) is 2. The summed E-state index contributed by atoms with van der Waals surface area (Å²) in [4.78, 5) is 23.7. The number of imidazole rings is 1. The highest BCUT2D eigenvalue weighted by atomic mass is 19.1. The van der Waals surface area contributed by atoms with Crippen LogP contribution in [0.1, 0.15) is 55.5 Å². The molecule has 2 saturated heterocycles. The van der Waals surface area contributed by atoms with Crippen LogP contribution in [0.25, 0.3) is 16.8 Å². The van der Waals surface area contributed by atoms with Gasteiger partial charge in [0.15, 0.2) is 0 Å². The normalized spacial score (nSPS) is 21.5. The molecule has 2 aliphatic rings. The summed E-state index contributed by atoms with van der Waals surface area (Å²) in [5, 5.41) is 11.2. The Hall–Kier alpha value is -3.78. The van der Waals surface area contributed by atoms with E-state index >= 15 is 0 Å². The molecule has 0 unspecified atom stereocenters. The number of rotatable bonds is 4. The summed E-state index contributed by atoms with van der Waals surface area (Å²) in [6.45, 7) is 2.25. The predicted molar refractivity (Wildman–Crippen MR) is 135 cm³/mol. The summed E-state index contributed by atoms with van der Waals surface area (Å²) in [5.74, 6) is 1.12. The van der Waals surface area contributed by atoms with E-state index in [1.165, 1.54) is 6.07 Å². The smallest absolute Gasteiger partial charge is 0.222 e. The fourth-order valence-electron chi connectivity index (χ4n) is 5.82. The predicted octanol–water partition coefficient (Wildman–Crippen LogP) is 4.24. The zero-order valence-corrected chi connectivity index (χ0v) is 20.1. The molecule has 4 heterocycles. The lowest BCUT2D eigenvalue weighted by Crippen LogP contribution is -2.41. The summed E-state index contributed by atoms with van der Waals surface area (Å²) in [7, 11) is 0. The number of piperidine rings is 1. The highest BCUT2D eigenvalue weighted by molar-refractivity contribution is 5.85. The average Bonchev–Trinajstić information content (AvgIpc) is 3.46. The molecule has 4 aromatic rings. The standard InChI is InChI=1S/C28H28FN5O2/c1-28(36,21-4-2-3-5-22(21)29)19-9-6-17(7-10-19)24-25-26(30)31-14-15-33(25)27(32-24)18-8-11-20-12-13-23(35)34(20)16-18/h2-7,9-10,14-15,18,20,36H,8,11-13,16H2,1H3,(H2,30,31)/t18-,20+,28-/m1/s1. The number of aliphatic hydroxyl groups is 1. The molecule has 6 rings (SSSR count). The minimum Gasteiger partial charge on any atom is -0.382 e. The Kier molecular flexibility index (Phi) is 5.30. The van der Waals surface area contributed by atoms with Gasteiger partial charge in [-0.15, -0.1) is 0 Å². The topological polar surface area (TPSA) is 96.8 Å². The van der Waals surface area contributed by atoms with Crippen molar-refractivity contribution in [1.29, 1.82) is 0 Å². The Morgan fingerprint density at radius 1 is 1.11 bits per heavy atom. The van der Waals surface area contributed by atoms with E-state index in [-0.39, 0.29) is 17.4 Å². The lowest BCUT2D eigenvalue weighted by molar-refractivity contribution is -0.130. The fraction of sp³-hybridized carbons (Fsp3) is 0.321. The van der Waals surface area contributed by atoms with Gasteiger partial charge in [0.05, 0.1) is 0 Å². The third-order valence-electron chi connectivity index (χ3n) is 7.81. The molecule has 2 aromatic carbocycles. The van der Waals surface area contributed by atoms with Crippen LogP contribution in [-0.2, 0) is 10.4 Å². The van der Waals surface area contributed by atoms with Crippen LogP contribution in [0.4, 0.5) is 10.2 Å². The maximum absolute atomic E-state index is 14.4. The van der Waals surface area contributed by atoms with Gasteiger partial charge in [-0.25, -0.2) is 14.4 Å². The van der Waals surface area contributed by atoms with Crippen LogP contribution < -0.4 is 5.73 Å². The maximum atomic E-state index is 14.4. The molecule has 0 saturated carbocycles. The number of benzene rings is 2. The molecule has 2 fully saturated rings. The summed E-state index contributed by atoms with van der Waals surface area (Å²) < 4.78 is 16.4. The van der Waals surface area contributed by atoms with Crippen LogP contribution in [0.15, 0.2) is 60.9 Å². The third-order valence-corrected chi connectivity index (χ3v) is 7.81. The minimum absolute atomic E-state index is 0.104. The number of fused-ring (bicyclic) bond motifs is 2. The van der Waals surface area contributed by atoms with Crippen LogP contribution in [0.5, 0.6) is 0 Å². The second kappa shape index (κ2) is 8.41. The van der Waals surface area contributed by atoms with Crippen LogP contribution in [-0.4, -0.2) is 42.9 Å². The lowest BCUT2D eigenvalue weighted by Gasteiger charge is -2.34. The van der Waals surface area contributed by atoms with Crippen molar-refractivity contribution in [3.63, 3.8) is 0 Å². The van der Waals surface area contributed by atoms with E-state index in [1.807, 2.05) is 27.6 Å². The number of nitrogens with two attached hydrogens (primary N) is 1. The van der Waals surface area contributed by atoms with E-state index in [1.54, 1.807) is 43.5 Å². The molecule has 3 N–H and O–H groups in total. The van der Waals surface area contributed by atoms with Crippen molar-refractivity contribution in [3.05, 3.63) is 83.7 Å². The molecule has 2 aliphatic heterocycles. The summed E-state index contributed by atoms with van der Waals surface area (Å²) in [6, 6.07) is 13.9. The maximum Gasteiger partial charge on any atom is 0.222 e. The molecule has 8 heteroatoms. The van der Waals surface area contributed by atoms with Crippen molar-refractivity contribution < 1.29 is 14.3 Å². The van der Waals surface area contributed by atoms with Gasteiger partial charge >= 0.3 is 0 Å². The van der Waals surface area contributed by atoms with Crippen molar-refractivity contribution in [2.75, 3.05) is 12.3 Å². The Morgan fingerprint density at radius 2 is 1.89 bits per heavy atom. The van der Waals surface area contributed by atoms with Gasteiger partial charge in [0.2, 0.25) is 5.91 Å². The third kappa shape index (κ3) is 3.55. The number of nitrogen functional groups attached to an aromatic ring is 1. The molecule has 0 bridgehead atoms. The average molecular weight is 486 g/mol. The van der Waals surface area contributed by atoms with Gasteiger partial charge in [0, 0.05) is 48.4 Å². The first-order valence-electron chi connectivity index (χ1n) is 12.3. The Bertz CT molecular complexity index is 1460. The number of nitrogens with zero attached hydrogens (tertiary/aromatic N) is 4. The van der Waals surface area contributed by atoms with Crippen molar-refractivity contribution in [3.8, 4) is 11.3 Å². The number of carbonyl (C=O) groups is 1. The van der Waals surface area contributed by atoms with Crippen LogP contribution in [0.2, 0.25) is 0 Å². The van der Waals surface area contributed by atoms with Crippen molar-refractivity contribution in [2.45, 2.75) is 50.2 Å². The first kappa shape index (κ1) is 22.7. The molecule has 0 spiro atoms. The van der Waals surface area contributed by atoms with Crippen molar-refractivity contribution >= 4 is 17.2 Å². The van der Waals surface area contributed by atoms with Gasteiger partial charge in [-0.1, -0.05) is 42.5 Å². The van der Waals surface area contributed by atoms with Crippen LogP contribution in [0, 0.1) is 5.82 Å². The van der Waals surface area contributed by atoms with Crippen LogP contribution >= 0.6 is 0 Å². The Morgan fingerprint density at radius 3 is 2.67 bits per heavy atom. The highest BCUT2D eigenvalue weighted by Crippen LogP contribution is 2.39.